The van der Waals surface area contributed by atoms with E-state index < -0.39 is 11.8 Å². The molecule has 0 unspecified atom stereocenters. The second kappa shape index (κ2) is 6.91. The van der Waals surface area contributed by atoms with Gasteiger partial charge in [0.15, 0.2) is 0 Å². The topological polar surface area (TPSA) is 105 Å². The number of hydrogen-bond acceptors (Lipinski definition) is 5. The first-order valence-electron chi connectivity index (χ1n) is 7.38. The van der Waals surface area contributed by atoms with E-state index in [1.165, 1.54) is 14.2 Å². The highest BCUT2D eigenvalue weighted by Crippen LogP contribution is 2.28. The molecule has 1 heterocycles. The normalized spacial score (nSPS) is 10.3. The molecule has 0 fully saturated rings. The third kappa shape index (κ3) is 3.52. The number of carbonyl (C=O) groups is 2. The molecule has 0 radical (unpaired) electrons. The number of hydrogen-bond donors (Lipinski definition) is 3. The number of methoxy groups -OCH3 is 2. The van der Waals surface area contributed by atoms with Crippen LogP contribution >= 0.6 is 0 Å². The highest BCUT2D eigenvalue weighted by atomic mass is 16.5. The molecule has 8 nitrogen and oxygen atoms in total. The maximum atomic E-state index is 12.2. The van der Waals surface area contributed by atoms with Gasteiger partial charge in [0.25, 0.3) is 0 Å². The Hall–Kier alpha value is -3.55. The van der Waals surface area contributed by atoms with Gasteiger partial charge in [0.2, 0.25) is 0 Å². The molecular weight excluding hydrogens is 324 g/mol. The molecule has 3 N–H and O–H groups in total. The summed E-state index contributed by atoms with van der Waals surface area (Å²) in [7, 11) is 2.98. The molecule has 0 saturated carbocycles. The van der Waals surface area contributed by atoms with Gasteiger partial charge in [0.1, 0.15) is 11.5 Å². The van der Waals surface area contributed by atoms with Crippen molar-refractivity contribution in [3.8, 4) is 11.5 Å². The molecule has 3 rings (SSSR count). The number of fused-ring (bicyclic) bond motifs is 1. The minimum atomic E-state index is -0.823. The van der Waals surface area contributed by atoms with Gasteiger partial charge >= 0.3 is 11.8 Å². The summed E-state index contributed by atoms with van der Waals surface area (Å²) >= 11 is 0. The number of nitrogens with zero attached hydrogens (tertiary/aromatic N) is 1. The number of aromatic amines is 1. The van der Waals surface area contributed by atoms with Crippen molar-refractivity contribution in [3.63, 3.8) is 0 Å². The van der Waals surface area contributed by atoms with Crippen molar-refractivity contribution in [2.75, 3.05) is 24.9 Å². The number of anilines is 2. The maximum absolute atomic E-state index is 12.2. The van der Waals surface area contributed by atoms with Crippen molar-refractivity contribution >= 4 is 34.1 Å². The van der Waals surface area contributed by atoms with Crippen molar-refractivity contribution in [1.82, 2.24) is 10.2 Å². The van der Waals surface area contributed by atoms with Crippen LogP contribution in [-0.4, -0.2) is 36.2 Å². The summed E-state index contributed by atoms with van der Waals surface area (Å²) in [6.45, 7) is 0. The van der Waals surface area contributed by atoms with Crippen LogP contribution in [0.3, 0.4) is 0 Å². The molecule has 0 saturated heterocycles. The van der Waals surface area contributed by atoms with E-state index in [9.17, 15) is 9.59 Å². The van der Waals surface area contributed by atoms with E-state index >= 15 is 0 Å². The Labute approximate surface area is 143 Å². The summed E-state index contributed by atoms with van der Waals surface area (Å²) in [5.74, 6) is -0.679. The van der Waals surface area contributed by atoms with Gasteiger partial charge in [-0.3, -0.25) is 14.7 Å². The summed E-state index contributed by atoms with van der Waals surface area (Å²) in [6, 6.07) is 10.1. The molecule has 2 amide bonds. The quantitative estimate of drug-likeness (QED) is 0.631. The van der Waals surface area contributed by atoms with Crippen LogP contribution in [0.25, 0.3) is 10.9 Å². The second-order valence-electron chi connectivity index (χ2n) is 5.15. The molecule has 0 aliphatic carbocycles. The van der Waals surface area contributed by atoms with Gasteiger partial charge in [-0.1, -0.05) is 0 Å². The number of amides is 2. The molecule has 0 atom stereocenters. The lowest BCUT2D eigenvalue weighted by molar-refractivity contribution is -0.133. The first kappa shape index (κ1) is 16.3. The largest absolute Gasteiger partial charge is 0.497 e. The number of H-pyrrole nitrogens is 1. The molecule has 0 aliphatic heterocycles. The van der Waals surface area contributed by atoms with E-state index in [1.807, 2.05) is 0 Å². The van der Waals surface area contributed by atoms with Crippen molar-refractivity contribution < 1.29 is 19.1 Å². The van der Waals surface area contributed by atoms with Crippen LogP contribution in [0.4, 0.5) is 11.4 Å². The zero-order chi connectivity index (χ0) is 17.8. The van der Waals surface area contributed by atoms with Crippen LogP contribution in [0.2, 0.25) is 0 Å². The fourth-order valence-corrected chi connectivity index (χ4v) is 2.29. The number of rotatable bonds is 4. The predicted octanol–water partition coefficient (Wildman–Crippen LogP) is 2.16. The Balaban J connectivity index is 1.73. The molecule has 0 aliphatic rings. The van der Waals surface area contributed by atoms with Crippen molar-refractivity contribution in [2.45, 2.75) is 0 Å². The number of nitrogens with one attached hydrogen (secondary N) is 3. The van der Waals surface area contributed by atoms with Crippen molar-refractivity contribution in [3.05, 3.63) is 42.6 Å². The summed E-state index contributed by atoms with van der Waals surface area (Å²) in [5.41, 5.74) is 1.58. The summed E-state index contributed by atoms with van der Waals surface area (Å²) in [4.78, 5) is 24.3. The molecule has 2 aromatic carbocycles. The average molecular weight is 340 g/mol. The lowest BCUT2D eigenvalue weighted by Crippen LogP contribution is -2.29. The van der Waals surface area contributed by atoms with Crippen LogP contribution in [0.15, 0.2) is 42.6 Å². The third-order valence-electron chi connectivity index (χ3n) is 3.56. The van der Waals surface area contributed by atoms with Gasteiger partial charge < -0.3 is 20.1 Å². The number of aromatic nitrogens is 2. The Morgan fingerprint density at radius 2 is 1.80 bits per heavy atom. The van der Waals surface area contributed by atoms with Crippen molar-refractivity contribution in [1.29, 1.82) is 0 Å². The van der Waals surface area contributed by atoms with Gasteiger partial charge in [-0.05, 0) is 30.3 Å². The minimum Gasteiger partial charge on any atom is -0.497 e. The molecule has 3 aromatic rings. The average Bonchev–Trinajstić information content (AvgIpc) is 3.09. The third-order valence-corrected chi connectivity index (χ3v) is 3.56. The monoisotopic (exact) mass is 340 g/mol. The second-order valence-corrected chi connectivity index (χ2v) is 5.15. The van der Waals surface area contributed by atoms with Gasteiger partial charge in [-0.15, -0.1) is 0 Å². The SMILES string of the molecule is COc1ccc(OC)c(NC(=O)C(=O)Nc2ccc3cn[nH]c3c2)c1. The highest BCUT2D eigenvalue weighted by Gasteiger charge is 2.17. The molecule has 1 aromatic heterocycles. The van der Waals surface area contributed by atoms with E-state index in [0.717, 1.165) is 10.9 Å². The first-order valence-corrected chi connectivity index (χ1v) is 7.38. The van der Waals surface area contributed by atoms with Gasteiger partial charge in [0, 0.05) is 17.1 Å². The molecule has 0 bridgehead atoms. The van der Waals surface area contributed by atoms with E-state index in [4.69, 9.17) is 9.47 Å². The van der Waals surface area contributed by atoms with Gasteiger partial charge in [-0.2, -0.15) is 5.10 Å². The molecule has 25 heavy (non-hydrogen) atoms. The number of carbonyl (C=O) groups excluding carboxylic acids is 2. The Kier molecular flexibility index (Phi) is 4.51. The Morgan fingerprint density at radius 3 is 2.56 bits per heavy atom. The summed E-state index contributed by atoms with van der Waals surface area (Å²) in [5, 5.41) is 12.7. The summed E-state index contributed by atoms with van der Waals surface area (Å²) in [6.07, 6.45) is 1.67. The Morgan fingerprint density at radius 1 is 1.00 bits per heavy atom. The molecule has 8 heteroatoms. The fourth-order valence-electron chi connectivity index (χ4n) is 2.29. The lowest BCUT2D eigenvalue weighted by atomic mass is 10.2. The standard InChI is InChI=1S/C17H16N4O4/c1-24-12-5-6-15(25-2)14(8-12)20-17(23)16(22)19-11-4-3-10-9-18-21-13(10)7-11/h3-9H,1-2H3,(H,18,21)(H,19,22)(H,20,23). The molecule has 0 spiro atoms. The minimum absolute atomic E-state index is 0.339. The first-order chi connectivity index (χ1) is 12.1. The highest BCUT2D eigenvalue weighted by molar-refractivity contribution is 6.43. The van der Waals surface area contributed by atoms with Crippen LogP contribution in [0.5, 0.6) is 11.5 Å². The zero-order valence-electron chi connectivity index (χ0n) is 13.6. The van der Waals surface area contributed by atoms with Crippen LogP contribution in [-0.2, 0) is 9.59 Å². The van der Waals surface area contributed by atoms with Gasteiger partial charge in [-0.25, -0.2) is 0 Å². The smallest absolute Gasteiger partial charge is 0.314 e. The van der Waals surface area contributed by atoms with Crippen molar-refractivity contribution in [2.24, 2.45) is 0 Å². The van der Waals surface area contributed by atoms with E-state index in [1.54, 1.807) is 42.6 Å². The number of ether oxygens (including phenoxy) is 2. The summed E-state index contributed by atoms with van der Waals surface area (Å²) < 4.78 is 10.3. The van der Waals surface area contributed by atoms with Crippen LogP contribution in [0.1, 0.15) is 0 Å². The molecular formula is C17H16N4O4. The van der Waals surface area contributed by atoms with E-state index in [2.05, 4.69) is 20.8 Å². The predicted molar refractivity (Wildman–Crippen MR) is 92.9 cm³/mol. The fraction of sp³-hybridized carbons (Fsp3) is 0.118. The zero-order valence-corrected chi connectivity index (χ0v) is 13.6. The van der Waals surface area contributed by atoms with E-state index in [0.29, 0.717) is 22.9 Å². The Bertz CT molecular complexity index is 935. The van der Waals surface area contributed by atoms with E-state index in [-0.39, 0.29) is 0 Å². The van der Waals surface area contributed by atoms with Crippen LogP contribution < -0.4 is 20.1 Å². The maximum Gasteiger partial charge on any atom is 0.314 e. The van der Waals surface area contributed by atoms with Crippen LogP contribution in [0, 0.1) is 0 Å². The molecule has 128 valence electrons. The number of benzene rings is 2. The van der Waals surface area contributed by atoms with Gasteiger partial charge in [0.05, 0.1) is 31.6 Å². The lowest BCUT2D eigenvalue weighted by Gasteiger charge is -2.11.